The molecule has 4 aliphatic rings. The molecule has 12 heteroatoms. The zero-order valence-corrected chi connectivity index (χ0v) is 34.3. The third kappa shape index (κ3) is 10.8. The zero-order valence-electron chi connectivity index (χ0n) is 34.3. The molecule has 3 aliphatic heterocycles. The molecule has 0 unspecified atom stereocenters. The first-order valence-corrected chi connectivity index (χ1v) is 21.4. The predicted molar refractivity (Wildman–Crippen MR) is 219 cm³/mol. The van der Waals surface area contributed by atoms with Crippen molar-refractivity contribution in [3.8, 4) is 0 Å². The Balaban J connectivity index is 1.18. The van der Waals surface area contributed by atoms with Crippen LogP contribution >= 0.6 is 0 Å². The number of hydrogen-bond acceptors (Lipinski definition) is 6. The van der Waals surface area contributed by atoms with E-state index in [0.29, 0.717) is 56.0 Å². The Kier molecular flexibility index (Phi) is 14.2. The lowest BCUT2D eigenvalue weighted by Crippen LogP contribution is -2.53. The molecule has 4 amide bonds. The Morgan fingerprint density at radius 3 is 2.29 bits per heavy atom. The van der Waals surface area contributed by atoms with Gasteiger partial charge >= 0.3 is 0 Å². The molecule has 3 heterocycles. The summed E-state index contributed by atoms with van der Waals surface area (Å²) in [4.78, 5) is 72.2. The molecular formula is C46H61F2N5O5. The van der Waals surface area contributed by atoms with Crippen molar-refractivity contribution in [2.75, 3.05) is 19.6 Å². The number of likely N-dealkylation sites (tertiary alicyclic amines) is 1. The second kappa shape index (κ2) is 19.1. The molecule has 3 fully saturated rings. The number of benzene rings is 2. The molecule has 0 aromatic heterocycles. The van der Waals surface area contributed by atoms with Crippen molar-refractivity contribution in [2.45, 2.75) is 134 Å². The minimum absolute atomic E-state index is 0.0138. The number of ketones is 1. The lowest BCUT2D eigenvalue weighted by Gasteiger charge is -2.37. The van der Waals surface area contributed by atoms with Crippen LogP contribution in [0, 0.1) is 17.8 Å². The number of piperidine rings is 1. The molecule has 0 radical (unpaired) electrons. The maximum absolute atomic E-state index is 14.4. The van der Waals surface area contributed by atoms with Gasteiger partial charge in [-0.05, 0) is 92.4 Å². The number of amides is 4. The van der Waals surface area contributed by atoms with E-state index in [1.54, 1.807) is 19.1 Å². The number of carbonyl (C=O) groups is 5. The Hall–Kier alpha value is -4.45. The highest BCUT2D eigenvalue weighted by atomic mass is 19.3. The fourth-order valence-electron chi connectivity index (χ4n) is 9.69. The first-order valence-electron chi connectivity index (χ1n) is 21.4. The van der Waals surface area contributed by atoms with Crippen LogP contribution in [0.2, 0.25) is 0 Å². The lowest BCUT2D eigenvalue weighted by atomic mass is 9.76. The molecule has 10 nitrogen and oxygen atoms in total. The number of nitrogens with zero attached hydrogens (tertiary/aromatic N) is 2. The van der Waals surface area contributed by atoms with Gasteiger partial charge in [-0.1, -0.05) is 74.7 Å². The van der Waals surface area contributed by atoms with E-state index in [1.165, 1.54) is 18.2 Å². The molecule has 1 aliphatic carbocycles. The SMILES string of the molecule is C/C(=C\C(=O)N[C@H]1Cc2ccccc2[C@H]2CC[C@@H](C(=O)N[C@@H](CCC(N)=O)C(=O)C[C@H](C(=O)N3CCC(C)CC3)C3CCCCC3)N2C1)c1ccc(C(C)(F)F)cc1. The van der Waals surface area contributed by atoms with Crippen LogP contribution in [0.15, 0.2) is 54.6 Å². The van der Waals surface area contributed by atoms with Crippen molar-refractivity contribution in [3.05, 3.63) is 76.9 Å². The molecule has 5 atom stereocenters. The number of primary amides is 1. The molecule has 1 saturated carbocycles. The normalized spacial score (nSPS) is 23.2. The third-order valence-electron chi connectivity index (χ3n) is 13.1. The summed E-state index contributed by atoms with van der Waals surface area (Å²) in [6.07, 6.45) is 10.1. The van der Waals surface area contributed by atoms with E-state index in [4.69, 9.17) is 5.73 Å². The van der Waals surface area contributed by atoms with Gasteiger partial charge < -0.3 is 21.3 Å². The third-order valence-corrected chi connectivity index (χ3v) is 13.1. The van der Waals surface area contributed by atoms with Crippen LogP contribution in [-0.2, 0) is 36.3 Å². The molecular weight excluding hydrogens is 741 g/mol. The van der Waals surface area contributed by atoms with Gasteiger partial charge in [0.15, 0.2) is 5.78 Å². The molecule has 2 aromatic carbocycles. The van der Waals surface area contributed by atoms with E-state index >= 15 is 0 Å². The Bertz CT molecular complexity index is 1830. The second-order valence-corrected chi connectivity index (χ2v) is 17.5. The number of halogens is 2. The molecule has 0 spiro atoms. The van der Waals surface area contributed by atoms with Gasteiger partial charge in [0.1, 0.15) is 0 Å². The van der Waals surface area contributed by atoms with Crippen LogP contribution in [-0.4, -0.2) is 77.0 Å². The summed E-state index contributed by atoms with van der Waals surface area (Å²) < 4.78 is 27.6. The number of rotatable bonds is 14. The molecule has 4 N–H and O–H groups in total. The van der Waals surface area contributed by atoms with Crippen molar-refractivity contribution < 1.29 is 32.8 Å². The van der Waals surface area contributed by atoms with Gasteiger partial charge in [-0.2, -0.15) is 0 Å². The highest BCUT2D eigenvalue weighted by Crippen LogP contribution is 2.41. The molecule has 58 heavy (non-hydrogen) atoms. The van der Waals surface area contributed by atoms with Gasteiger partial charge in [-0.15, -0.1) is 0 Å². The van der Waals surface area contributed by atoms with Crippen molar-refractivity contribution in [1.82, 2.24) is 20.4 Å². The average molecular weight is 802 g/mol. The van der Waals surface area contributed by atoms with Crippen LogP contribution in [0.5, 0.6) is 0 Å². The molecule has 6 rings (SSSR count). The summed E-state index contributed by atoms with van der Waals surface area (Å²) in [6.45, 7) is 6.56. The monoisotopic (exact) mass is 801 g/mol. The first kappa shape index (κ1) is 43.1. The molecule has 2 saturated heterocycles. The summed E-state index contributed by atoms with van der Waals surface area (Å²) in [5, 5.41) is 6.17. The Morgan fingerprint density at radius 2 is 1.62 bits per heavy atom. The number of fused-ring (bicyclic) bond motifs is 3. The second-order valence-electron chi connectivity index (χ2n) is 17.5. The number of Topliss-reactive ketones (excluding diaryl/α,β-unsaturated/α-hetero) is 1. The quantitative estimate of drug-likeness (QED) is 0.184. The van der Waals surface area contributed by atoms with Crippen LogP contribution < -0.4 is 16.4 Å². The highest BCUT2D eigenvalue weighted by molar-refractivity contribution is 5.95. The maximum atomic E-state index is 14.4. The standard InChI is InChI=1S/C46H61F2N5O5/c1-29-21-23-52(24-22-29)45(58)37(32-9-5-4-6-10-32)27-41(54)38(17-20-42(49)55)51-44(57)40-19-18-39-36-12-8-7-11-33(36)26-35(28-53(39)40)50-43(56)25-30(2)31-13-15-34(16-14-31)46(3,47)48/h7-8,11-16,25,29,32,35,37-40H,4-6,9-10,17-24,26-28H2,1-3H3,(H2,49,55)(H,50,56)(H,51,57)/b30-25+/t35-,37-,38-,39+,40-/m0/s1. The Labute approximate surface area is 341 Å². The van der Waals surface area contributed by atoms with Crippen LogP contribution in [0.25, 0.3) is 5.57 Å². The largest absolute Gasteiger partial charge is 0.370 e. The van der Waals surface area contributed by atoms with E-state index in [-0.39, 0.29) is 66.3 Å². The minimum Gasteiger partial charge on any atom is -0.370 e. The van der Waals surface area contributed by atoms with E-state index < -0.39 is 29.8 Å². The van der Waals surface area contributed by atoms with Gasteiger partial charge in [0.05, 0.1) is 12.1 Å². The van der Waals surface area contributed by atoms with E-state index in [0.717, 1.165) is 63.0 Å². The van der Waals surface area contributed by atoms with Gasteiger partial charge in [-0.25, -0.2) is 8.78 Å². The van der Waals surface area contributed by atoms with Crippen LogP contribution in [0.4, 0.5) is 8.78 Å². The van der Waals surface area contributed by atoms with Crippen molar-refractivity contribution >= 4 is 35.0 Å². The van der Waals surface area contributed by atoms with Crippen molar-refractivity contribution in [3.63, 3.8) is 0 Å². The van der Waals surface area contributed by atoms with E-state index in [1.807, 2.05) is 23.1 Å². The number of nitrogens with two attached hydrogens (primary N) is 1. The lowest BCUT2D eigenvalue weighted by molar-refractivity contribution is -0.142. The van der Waals surface area contributed by atoms with Crippen molar-refractivity contribution in [1.29, 1.82) is 0 Å². The van der Waals surface area contributed by atoms with Gasteiger partial charge in [-0.3, -0.25) is 28.9 Å². The van der Waals surface area contributed by atoms with E-state index in [9.17, 15) is 32.8 Å². The first-order chi connectivity index (χ1) is 27.7. The van der Waals surface area contributed by atoms with Gasteiger partial charge in [0, 0.05) is 69.0 Å². The zero-order chi connectivity index (χ0) is 41.6. The topological polar surface area (TPSA) is 142 Å². The predicted octanol–water partition coefficient (Wildman–Crippen LogP) is 6.61. The van der Waals surface area contributed by atoms with Gasteiger partial charge in [0.2, 0.25) is 23.6 Å². The summed E-state index contributed by atoms with van der Waals surface area (Å²) >= 11 is 0. The van der Waals surface area contributed by atoms with Gasteiger partial charge in [0.25, 0.3) is 5.92 Å². The molecule has 0 bridgehead atoms. The van der Waals surface area contributed by atoms with E-state index in [2.05, 4.69) is 28.5 Å². The summed E-state index contributed by atoms with van der Waals surface area (Å²) in [5.74, 6) is -4.20. The fourth-order valence-corrected chi connectivity index (χ4v) is 9.69. The Morgan fingerprint density at radius 1 is 0.931 bits per heavy atom. The molecule has 2 aromatic rings. The molecule has 314 valence electrons. The summed E-state index contributed by atoms with van der Waals surface area (Å²) in [6, 6.07) is 11.9. The summed E-state index contributed by atoms with van der Waals surface area (Å²) in [5.41, 5.74) is 8.91. The minimum atomic E-state index is -2.96. The average Bonchev–Trinajstić information content (AvgIpc) is 3.54. The summed E-state index contributed by atoms with van der Waals surface area (Å²) in [7, 11) is 0. The van der Waals surface area contributed by atoms with Crippen LogP contribution in [0.3, 0.4) is 0 Å². The van der Waals surface area contributed by atoms with Crippen LogP contribution in [0.1, 0.15) is 126 Å². The fraction of sp³-hybridized carbons (Fsp3) is 0.587. The number of alkyl halides is 2. The number of hydrogen-bond donors (Lipinski definition) is 3. The number of nitrogens with one attached hydrogen (secondary N) is 2. The number of allylic oxidation sites excluding steroid dienone is 1. The smallest absolute Gasteiger partial charge is 0.270 e. The highest BCUT2D eigenvalue weighted by Gasteiger charge is 2.44. The van der Waals surface area contributed by atoms with Crippen molar-refractivity contribution in [2.24, 2.45) is 23.5 Å². The maximum Gasteiger partial charge on any atom is 0.270 e. The number of carbonyl (C=O) groups excluding carboxylic acids is 5.